The highest BCUT2D eigenvalue weighted by Gasteiger charge is 2.28. The quantitative estimate of drug-likeness (QED) is 0.779. The molecule has 16 heavy (non-hydrogen) atoms. The first-order chi connectivity index (χ1) is 7.66. The summed E-state index contributed by atoms with van der Waals surface area (Å²) in [5, 5.41) is 9.59. The van der Waals surface area contributed by atoms with Crippen molar-refractivity contribution in [1.29, 1.82) is 0 Å². The Bertz CT molecular complexity index is 270. The Labute approximate surface area is 98.7 Å². The Hall–Kier alpha value is -0.500. The lowest BCUT2D eigenvalue weighted by Gasteiger charge is -2.34. The maximum Gasteiger partial charge on any atom is 0.101 e. The summed E-state index contributed by atoms with van der Waals surface area (Å²) in [5.74, 6) is 1.74. The molecule has 2 nitrogen and oxygen atoms in total. The molecule has 0 aromatic carbocycles. The van der Waals surface area contributed by atoms with Gasteiger partial charge >= 0.3 is 0 Å². The molecule has 3 atom stereocenters. The molecular weight excluding hydrogens is 200 g/mol. The van der Waals surface area contributed by atoms with Crippen LogP contribution in [0.4, 0.5) is 0 Å². The van der Waals surface area contributed by atoms with Crippen LogP contribution in [0.3, 0.4) is 0 Å². The maximum atomic E-state index is 9.59. The first-order valence-corrected chi connectivity index (χ1v) is 6.70. The van der Waals surface area contributed by atoms with Gasteiger partial charge in [-0.1, -0.05) is 6.92 Å². The molecule has 2 aliphatic carbocycles. The summed E-state index contributed by atoms with van der Waals surface area (Å²) in [6.07, 6.45) is 7.98. The van der Waals surface area contributed by atoms with Gasteiger partial charge in [0, 0.05) is 6.42 Å². The largest absolute Gasteiger partial charge is 0.495 e. The average molecular weight is 224 g/mol. The second-order valence-electron chi connectivity index (χ2n) is 5.51. The van der Waals surface area contributed by atoms with Gasteiger partial charge in [0.25, 0.3) is 0 Å². The van der Waals surface area contributed by atoms with E-state index in [4.69, 9.17) is 4.74 Å². The fourth-order valence-corrected chi connectivity index (χ4v) is 2.89. The number of allylic oxidation sites excluding steroid dienone is 2. The summed E-state index contributed by atoms with van der Waals surface area (Å²) in [5.41, 5.74) is 1.45. The van der Waals surface area contributed by atoms with E-state index in [-0.39, 0.29) is 6.10 Å². The predicted octanol–water partition coefficient (Wildman–Crippen LogP) is 3.40. The summed E-state index contributed by atoms with van der Waals surface area (Å²) in [4.78, 5) is 0. The third-order valence-electron chi connectivity index (χ3n) is 4.04. The Kier molecular flexibility index (Phi) is 3.91. The molecule has 0 aliphatic heterocycles. The van der Waals surface area contributed by atoms with Gasteiger partial charge in [0.15, 0.2) is 0 Å². The minimum Gasteiger partial charge on any atom is -0.495 e. The highest BCUT2D eigenvalue weighted by atomic mass is 16.5. The highest BCUT2D eigenvalue weighted by molar-refractivity contribution is 5.09. The van der Waals surface area contributed by atoms with Gasteiger partial charge in [0.05, 0.1) is 11.9 Å². The first kappa shape index (κ1) is 12.0. The van der Waals surface area contributed by atoms with Crippen LogP contribution in [0.2, 0.25) is 0 Å². The van der Waals surface area contributed by atoms with Crippen LogP contribution in [0.5, 0.6) is 0 Å². The third-order valence-corrected chi connectivity index (χ3v) is 4.04. The number of aliphatic hydroxyl groups is 1. The van der Waals surface area contributed by atoms with E-state index in [1.165, 1.54) is 30.6 Å². The van der Waals surface area contributed by atoms with Gasteiger partial charge in [-0.15, -0.1) is 0 Å². The third kappa shape index (κ3) is 2.79. The Morgan fingerprint density at radius 1 is 1.19 bits per heavy atom. The van der Waals surface area contributed by atoms with Crippen molar-refractivity contribution >= 4 is 0 Å². The fourth-order valence-electron chi connectivity index (χ4n) is 2.89. The van der Waals surface area contributed by atoms with Gasteiger partial charge in [0.2, 0.25) is 0 Å². The summed E-state index contributed by atoms with van der Waals surface area (Å²) >= 11 is 0. The molecule has 0 amide bonds. The van der Waals surface area contributed by atoms with Crippen molar-refractivity contribution in [3.05, 3.63) is 11.3 Å². The molecule has 1 N–H and O–H groups in total. The molecule has 0 spiro atoms. The Balaban J connectivity index is 1.93. The molecule has 2 heteroatoms. The number of aliphatic hydroxyl groups excluding tert-OH is 1. The zero-order valence-corrected chi connectivity index (χ0v) is 10.5. The molecular formula is C14H24O2. The van der Waals surface area contributed by atoms with Crippen molar-refractivity contribution in [3.8, 4) is 0 Å². The first-order valence-electron chi connectivity index (χ1n) is 6.70. The van der Waals surface area contributed by atoms with Crippen molar-refractivity contribution in [1.82, 2.24) is 0 Å². The lowest BCUT2D eigenvalue weighted by molar-refractivity contribution is -0.0110. The van der Waals surface area contributed by atoms with E-state index in [0.29, 0.717) is 12.0 Å². The van der Waals surface area contributed by atoms with Crippen molar-refractivity contribution in [2.75, 3.05) is 0 Å². The zero-order chi connectivity index (χ0) is 11.5. The molecule has 0 aromatic heterocycles. The number of hydrogen-bond acceptors (Lipinski definition) is 2. The van der Waals surface area contributed by atoms with Crippen molar-refractivity contribution in [2.45, 2.75) is 71.0 Å². The molecule has 0 bridgehead atoms. The van der Waals surface area contributed by atoms with E-state index >= 15 is 0 Å². The Morgan fingerprint density at radius 3 is 2.62 bits per heavy atom. The second kappa shape index (κ2) is 5.22. The highest BCUT2D eigenvalue weighted by Crippen LogP contribution is 2.32. The van der Waals surface area contributed by atoms with Crippen LogP contribution < -0.4 is 0 Å². The summed E-state index contributed by atoms with van der Waals surface area (Å²) < 4.78 is 6.17. The molecule has 2 rings (SSSR count). The smallest absolute Gasteiger partial charge is 0.101 e. The lowest BCUT2D eigenvalue weighted by atomic mass is 9.85. The topological polar surface area (TPSA) is 29.5 Å². The van der Waals surface area contributed by atoms with Gasteiger partial charge in [0.1, 0.15) is 6.10 Å². The van der Waals surface area contributed by atoms with Gasteiger partial charge in [-0.05, 0) is 56.9 Å². The van der Waals surface area contributed by atoms with E-state index in [2.05, 4.69) is 13.8 Å². The van der Waals surface area contributed by atoms with Gasteiger partial charge < -0.3 is 9.84 Å². The minimum absolute atomic E-state index is 0.101. The van der Waals surface area contributed by atoms with Gasteiger partial charge in [-0.25, -0.2) is 0 Å². The van der Waals surface area contributed by atoms with Crippen LogP contribution in [-0.4, -0.2) is 17.3 Å². The van der Waals surface area contributed by atoms with E-state index in [0.717, 1.165) is 25.7 Å². The summed E-state index contributed by atoms with van der Waals surface area (Å²) in [6, 6.07) is 0. The van der Waals surface area contributed by atoms with Crippen LogP contribution in [0.15, 0.2) is 11.3 Å². The van der Waals surface area contributed by atoms with Gasteiger partial charge in [-0.2, -0.15) is 0 Å². The van der Waals surface area contributed by atoms with Crippen LogP contribution in [0, 0.1) is 5.92 Å². The van der Waals surface area contributed by atoms with E-state index < -0.39 is 0 Å². The van der Waals surface area contributed by atoms with E-state index in [1.54, 1.807) is 0 Å². The summed E-state index contributed by atoms with van der Waals surface area (Å²) in [7, 11) is 0. The maximum absolute atomic E-state index is 9.59. The molecule has 92 valence electrons. The van der Waals surface area contributed by atoms with E-state index in [9.17, 15) is 5.11 Å². The van der Waals surface area contributed by atoms with Crippen molar-refractivity contribution < 1.29 is 9.84 Å². The van der Waals surface area contributed by atoms with Crippen LogP contribution >= 0.6 is 0 Å². The number of rotatable bonds is 2. The van der Waals surface area contributed by atoms with E-state index in [1.807, 2.05) is 0 Å². The molecule has 2 aliphatic rings. The minimum atomic E-state index is -0.101. The fraction of sp³-hybridized carbons (Fsp3) is 0.857. The van der Waals surface area contributed by atoms with Crippen molar-refractivity contribution in [3.63, 3.8) is 0 Å². The summed E-state index contributed by atoms with van der Waals surface area (Å²) in [6.45, 7) is 4.41. The van der Waals surface area contributed by atoms with Crippen LogP contribution in [0.1, 0.15) is 58.8 Å². The zero-order valence-electron chi connectivity index (χ0n) is 10.5. The monoisotopic (exact) mass is 224 g/mol. The molecule has 0 saturated heterocycles. The number of hydrogen-bond donors (Lipinski definition) is 1. The number of ether oxygens (including phenoxy) is 1. The standard InChI is InChI=1S/C14H24O2/c1-10-5-3-4-6-13(10)16-14-8-7-12(15)9-11(14)2/h11-12,14-15H,3-9H2,1-2H3. The van der Waals surface area contributed by atoms with Crippen LogP contribution in [0.25, 0.3) is 0 Å². The molecule has 0 heterocycles. The van der Waals surface area contributed by atoms with Crippen LogP contribution in [-0.2, 0) is 4.74 Å². The molecule has 3 unspecified atom stereocenters. The van der Waals surface area contributed by atoms with Crippen molar-refractivity contribution in [2.24, 2.45) is 5.92 Å². The van der Waals surface area contributed by atoms with Gasteiger partial charge in [-0.3, -0.25) is 0 Å². The SMILES string of the molecule is CC1=C(OC2CCC(O)CC2C)CCCC1. The average Bonchev–Trinajstić information content (AvgIpc) is 2.25. The molecule has 0 radical (unpaired) electrons. The molecule has 0 aromatic rings. The normalized spacial score (nSPS) is 36.3. The molecule has 1 saturated carbocycles. The lowest BCUT2D eigenvalue weighted by Crippen LogP contribution is -2.32. The predicted molar refractivity (Wildman–Crippen MR) is 65.1 cm³/mol. The Morgan fingerprint density at radius 2 is 1.94 bits per heavy atom. The molecule has 1 fully saturated rings. The second-order valence-corrected chi connectivity index (χ2v) is 5.51.